The Labute approximate surface area is 105 Å². The van der Waals surface area contributed by atoms with E-state index in [-0.39, 0.29) is 0 Å². The van der Waals surface area contributed by atoms with Crippen LogP contribution in [-0.2, 0) is 0 Å². The molecular formula is C13H31N2P. The molecule has 0 aromatic rings. The van der Waals surface area contributed by atoms with Crippen LogP contribution >= 0.6 is 9.24 Å². The van der Waals surface area contributed by atoms with Crippen molar-refractivity contribution in [1.29, 1.82) is 0 Å². The van der Waals surface area contributed by atoms with Gasteiger partial charge in [-0.3, -0.25) is 0 Å². The van der Waals surface area contributed by atoms with Gasteiger partial charge in [0.25, 0.3) is 0 Å². The minimum atomic E-state index is 0.847. The Bertz CT molecular complexity index is 143. The third-order valence-corrected chi connectivity index (χ3v) is 3.19. The molecule has 1 fully saturated rings. The van der Waals surface area contributed by atoms with Crippen molar-refractivity contribution >= 4 is 9.24 Å². The van der Waals surface area contributed by atoms with E-state index in [4.69, 9.17) is 0 Å². The fraction of sp³-hybridized carbons (Fsp3) is 1.00. The van der Waals surface area contributed by atoms with Gasteiger partial charge < -0.3 is 9.80 Å². The van der Waals surface area contributed by atoms with Crippen molar-refractivity contribution in [1.82, 2.24) is 9.80 Å². The number of hydrogen-bond donors (Lipinski definition) is 0. The molecule has 1 rings (SSSR count). The van der Waals surface area contributed by atoms with Crippen LogP contribution in [0.5, 0.6) is 0 Å². The molecule has 1 heterocycles. The predicted molar refractivity (Wildman–Crippen MR) is 78.3 cm³/mol. The van der Waals surface area contributed by atoms with Gasteiger partial charge in [0.2, 0.25) is 0 Å². The van der Waals surface area contributed by atoms with Crippen LogP contribution < -0.4 is 0 Å². The van der Waals surface area contributed by atoms with Crippen LogP contribution in [0.15, 0.2) is 0 Å². The molecule has 1 unspecified atom stereocenters. The van der Waals surface area contributed by atoms with E-state index < -0.39 is 0 Å². The van der Waals surface area contributed by atoms with Gasteiger partial charge in [0.05, 0.1) is 0 Å². The number of nitrogens with zero attached hydrogens (tertiary/aromatic N) is 2. The summed E-state index contributed by atoms with van der Waals surface area (Å²) < 4.78 is 0. The summed E-state index contributed by atoms with van der Waals surface area (Å²) in [7, 11) is 2.81. The van der Waals surface area contributed by atoms with E-state index >= 15 is 0 Å². The lowest BCUT2D eigenvalue weighted by molar-refractivity contribution is 0.133. The van der Waals surface area contributed by atoms with Gasteiger partial charge in [-0.1, -0.05) is 27.7 Å². The summed E-state index contributed by atoms with van der Waals surface area (Å²) in [5, 5.41) is 0. The number of piperazine rings is 1. The van der Waals surface area contributed by atoms with Gasteiger partial charge in [-0.15, -0.1) is 9.24 Å². The van der Waals surface area contributed by atoms with Gasteiger partial charge in [0.15, 0.2) is 0 Å². The standard InChI is InChI=1S/C11H25N2P.C2H6/c1-11(2)3-4-12-5-7-13(8-6-12)9-10-14;1-2/h11H,3-10,14H2,1-2H3;1-2H3. The Morgan fingerprint density at radius 3 is 1.75 bits per heavy atom. The molecule has 1 atom stereocenters. The molecular weight excluding hydrogens is 215 g/mol. The Morgan fingerprint density at radius 2 is 1.38 bits per heavy atom. The zero-order chi connectivity index (χ0) is 12.4. The average molecular weight is 246 g/mol. The summed E-state index contributed by atoms with van der Waals surface area (Å²) in [6.07, 6.45) is 2.57. The highest BCUT2D eigenvalue weighted by molar-refractivity contribution is 7.16. The highest BCUT2D eigenvalue weighted by Crippen LogP contribution is 2.06. The van der Waals surface area contributed by atoms with Gasteiger partial charge in [0.1, 0.15) is 0 Å². The molecule has 2 nitrogen and oxygen atoms in total. The molecule has 1 aliphatic rings. The lowest BCUT2D eigenvalue weighted by Crippen LogP contribution is -2.47. The maximum atomic E-state index is 2.81. The van der Waals surface area contributed by atoms with E-state index in [1.54, 1.807) is 0 Å². The van der Waals surface area contributed by atoms with Crippen LogP contribution in [0.3, 0.4) is 0 Å². The molecule has 0 N–H and O–H groups in total. The van der Waals surface area contributed by atoms with E-state index in [1.807, 2.05) is 13.8 Å². The Balaban J connectivity index is 0.00000106. The summed E-state index contributed by atoms with van der Waals surface area (Å²) in [6, 6.07) is 0. The second-order valence-electron chi connectivity index (χ2n) is 4.65. The molecule has 1 saturated heterocycles. The van der Waals surface area contributed by atoms with Crippen molar-refractivity contribution in [2.45, 2.75) is 34.1 Å². The minimum absolute atomic E-state index is 0.847. The van der Waals surface area contributed by atoms with E-state index in [2.05, 4.69) is 32.9 Å². The van der Waals surface area contributed by atoms with E-state index in [0.717, 1.165) is 5.92 Å². The number of hydrogen-bond acceptors (Lipinski definition) is 2. The Morgan fingerprint density at radius 1 is 0.938 bits per heavy atom. The van der Waals surface area contributed by atoms with Crippen LogP contribution in [0.25, 0.3) is 0 Å². The van der Waals surface area contributed by atoms with Crippen LogP contribution in [0.1, 0.15) is 34.1 Å². The van der Waals surface area contributed by atoms with Gasteiger partial charge in [-0.2, -0.15) is 0 Å². The second-order valence-corrected chi connectivity index (χ2v) is 5.23. The molecule has 0 aliphatic carbocycles. The van der Waals surface area contributed by atoms with Crippen molar-refractivity contribution in [2.24, 2.45) is 5.92 Å². The first-order valence-corrected chi connectivity index (χ1v) is 7.69. The zero-order valence-electron chi connectivity index (χ0n) is 11.7. The van der Waals surface area contributed by atoms with E-state index in [1.165, 1.54) is 51.9 Å². The smallest absolute Gasteiger partial charge is 0.0110 e. The van der Waals surface area contributed by atoms with E-state index in [9.17, 15) is 0 Å². The fourth-order valence-corrected chi connectivity index (χ4v) is 2.23. The second kappa shape index (κ2) is 10.5. The first-order valence-electron chi connectivity index (χ1n) is 6.87. The first-order chi connectivity index (χ1) is 7.72. The quantitative estimate of drug-likeness (QED) is 0.688. The molecule has 0 aromatic heterocycles. The molecule has 0 bridgehead atoms. The van der Waals surface area contributed by atoms with Crippen LogP contribution in [0.4, 0.5) is 0 Å². The number of rotatable bonds is 5. The minimum Gasteiger partial charge on any atom is -0.301 e. The first kappa shape index (κ1) is 16.4. The molecule has 3 heteroatoms. The Kier molecular flexibility index (Phi) is 10.7. The summed E-state index contributed by atoms with van der Waals surface area (Å²) in [5.74, 6) is 0.847. The average Bonchev–Trinajstić information content (AvgIpc) is 2.31. The van der Waals surface area contributed by atoms with Crippen molar-refractivity contribution in [3.63, 3.8) is 0 Å². The SMILES string of the molecule is CC.CC(C)CCN1CCN(CCP)CC1. The zero-order valence-corrected chi connectivity index (χ0v) is 12.9. The third kappa shape index (κ3) is 7.60. The molecule has 0 saturated carbocycles. The molecule has 16 heavy (non-hydrogen) atoms. The maximum Gasteiger partial charge on any atom is 0.0110 e. The molecule has 1 aliphatic heterocycles. The predicted octanol–water partition coefficient (Wildman–Crippen LogP) is 2.55. The van der Waals surface area contributed by atoms with Gasteiger partial charge >= 0.3 is 0 Å². The molecule has 0 aromatic carbocycles. The van der Waals surface area contributed by atoms with Crippen molar-refractivity contribution < 1.29 is 0 Å². The van der Waals surface area contributed by atoms with E-state index in [0.29, 0.717) is 0 Å². The lowest BCUT2D eigenvalue weighted by Gasteiger charge is -2.34. The lowest BCUT2D eigenvalue weighted by atomic mass is 10.1. The van der Waals surface area contributed by atoms with Crippen molar-refractivity contribution in [3.05, 3.63) is 0 Å². The summed E-state index contributed by atoms with van der Waals surface area (Å²) in [5.41, 5.74) is 0. The normalized spacial score (nSPS) is 18.4. The van der Waals surface area contributed by atoms with Gasteiger partial charge in [0, 0.05) is 32.7 Å². The fourth-order valence-electron chi connectivity index (χ4n) is 1.86. The van der Waals surface area contributed by atoms with Crippen LogP contribution in [0, 0.1) is 5.92 Å². The molecule has 0 amide bonds. The van der Waals surface area contributed by atoms with Gasteiger partial charge in [-0.25, -0.2) is 0 Å². The van der Waals surface area contributed by atoms with Crippen molar-refractivity contribution in [3.8, 4) is 0 Å². The van der Waals surface area contributed by atoms with Crippen LogP contribution in [-0.4, -0.2) is 55.2 Å². The van der Waals surface area contributed by atoms with Crippen molar-refractivity contribution in [2.75, 3.05) is 45.4 Å². The third-order valence-electron chi connectivity index (χ3n) is 2.93. The van der Waals surface area contributed by atoms with Crippen LogP contribution in [0.2, 0.25) is 0 Å². The molecule has 0 spiro atoms. The highest BCUT2D eigenvalue weighted by Gasteiger charge is 2.15. The summed E-state index contributed by atoms with van der Waals surface area (Å²) >= 11 is 0. The molecule has 0 radical (unpaired) electrons. The van der Waals surface area contributed by atoms with Gasteiger partial charge in [-0.05, 0) is 25.0 Å². The largest absolute Gasteiger partial charge is 0.301 e. The summed E-state index contributed by atoms with van der Waals surface area (Å²) in [4.78, 5) is 5.18. The topological polar surface area (TPSA) is 6.48 Å². The maximum absolute atomic E-state index is 2.81. The Hall–Kier alpha value is 0.350. The highest BCUT2D eigenvalue weighted by atomic mass is 31.0. The summed E-state index contributed by atoms with van der Waals surface area (Å²) in [6.45, 7) is 16.3. The molecule has 98 valence electrons. The monoisotopic (exact) mass is 246 g/mol.